The minimum Gasteiger partial charge on any atom is -0.508 e. The molecule has 5 heteroatoms. The Kier molecular flexibility index (Phi) is 5.63. The molecule has 0 aromatic heterocycles. The molecule has 0 bridgehead atoms. The average molecular weight is 262 g/mol. The van der Waals surface area contributed by atoms with Crippen LogP contribution in [0, 0.1) is 0 Å². The first kappa shape index (κ1) is 14.8. The molecule has 4 N–H and O–H groups in total. The Morgan fingerprint density at radius 1 is 1.47 bits per heavy atom. The molecule has 0 aliphatic heterocycles. The molecule has 5 nitrogen and oxygen atoms in total. The highest BCUT2D eigenvalue weighted by Crippen LogP contribution is 2.21. The highest BCUT2D eigenvalue weighted by atomic mass is 16.3. The second-order valence-electron chi connectivity index (χ2n) is 3.90. The van der Waals surface area contributed by atoms with Gasteiger partial charge in [0.1, 0.15) is 5.75 Å². The normalized spacial score (nSPS) is 10.4. The number of anilines is 1. The largest absolute Gasteiger partial charge is 0.508 e. The molecule has 0 atom stereocenters. The molecule has 0 aliphatic rings. The lowest BCUT2D eigenvalue weighted by Gasteiger charge is -2.06. The SMILES string of the molecule is C=C(CO)C(=O)NC/C=C/c1cc(O)ccc1NC. The predicted molar refractivity (Wildman–Crippen MR) is 75.9 cm³/mol. The van der Waals surface area contributed by atoms with E-state index >= 15 is 0 Å². The van der Waals surface area contributed by atoms with Gasteiger partial charge in [0.05, 0.1) is 6.61 Å². The molecular formula is C14H18N2O3. The van der Waals surface area contributed by atoms with Gasteiger partial charge in [-0.05, 0) is 18.2 Å². The van der Waals surface area contributed by atoms with E-state index in [0.717, 1.165) is 11.3 Å². The summed E-state index contributed by atoms with van der Waals surface area (Å²) in [6.07, 6.45) is 3.53. The van der Waals surface area contributed by atoms with E-state index in [2.05, 4.69) is 17.2 Å². The number of benzene rings is 1. The Morgan fingerprint density at radius 3 is 2.84 bits per heavy atom. The van der Waals surface area contributed by atoms with Crippen molar-refractivity contribution in [1.82, 2.24) is 5.32 Å². The monoisotopic (exact) mass is 262 g/mol. The number of aliphatic hydroxyl groups excluding tert-OH is 1. The van der Waals surface area contributed by atoms with Gasteiger partial charge in [0, 0.05) is 30.4 Å². The Morgan fingerprint density at radius 2 is 2.21 bits per heavy atom. The smallest absolute Gasteiger partial charge is 0.249 e. The lowest BCUT2D eigenvalue weighted by molar-refractivity contribution is -0.117. The summed E-state index contributed by atoms with van der Waals surface area (Å²) in [5.41, 5.74) is 1.82. The van der Waals surface area contributed by atoms with Gasteiger partial charge in [-0.2, -0.15) is 0 Å². The summed E-state index contributed by atoms with van der Waals surface area (Å²) < 4.78 is 0. The highest BCUT2D eigenvalue weighted by Gasteiger charge is 2.03. The molecule has 0 saturated carbocycles. The number of carbonyl (C=O) groups is 1. The van der Waals surface area contributed by atoms with Gasteiger partial charge in [-0.15, -0.1) is 0 Å². The van der Waals surface area contributed by atoms with Crippen molar-refractivity contribution in [3.05, 3.63) is 42.0 Å². The van der Waals surface area contributed by atoms with Crippen LogP contribution in [0.2, 0.25) is 0 Å². The molecule has 0 heterocycles. The second kappa shape index (κ2) is 7.23. The van der Waals surface area contributed by atoms with Crippen molar-refractivity contribution in [1.29, 1.82) is 0 Å². The summed E-state index contributed by atoms with van der Waals surface area (Å²) in [5, 5.41) is 23.7. The van der Waals surface area contributed by atoms with Gasteiger partial charge in [0.25, 0.3) is 0 Å². The molecule has 0 radical (unpaired) electrons. The van der Waals surface area contributed by atoms with Crippen molar-refractivity contribution in [2.75, 3.05) is 25.5 Å². The van der Waals surface area contributed by atoms with Crippen molar-refractivity contribution in [3.63, 3.8) is 0 Å². The van der Waals surface area contributed by atoms with E-state index in [9.17, 15) is 9.90 Å². The molecule has 1 rings (SSSR count). The van der Waals surface area contributed by atoms with Crippen LogP contribution in [0.15, 0.2) is 36.4 Å². The maximum Gasteiger partial charge on any atom is 0.249 e. The number of carbonyl (C=O) groups excluding carboxylic acids is 1. The van der Waals surface area contributed by atoms with Gasteiger partial charge < -0.3 is 20.8 Å². The van der Waals surface area contributed by atoms with E-state index in [1.165, 1.54) is 0 Å². The molecule has 0 aliphatic carbocycles. The fourth-order valence-electron chi connectivity index (χ4n) is 1.45. The van der Waals surface area contributed by atoms with Crippen LogP contribution in [0.5, 0.6) is 5.75 Å². The van der Waals surface area contributed by atoms with Crippen LogP contribution in [-0.2, 0) is 4.79 Å². The first-order valence-corrected chi connectivity index (χ1v) is 5.82. The van der Waals surface area contributed by atoms with Crippen LogP contribution >= 0.6 is 0 Å². The maximum absolute atomic E-state index is 11.3. The van der Waals surface area contributed by atoms with Crippen molar-refractivity contribution in [2.24, 2.45) is 0 Å². The van der Waals surface area contributed by atoms with E-state index < -0.39 is 0 Å². The quantitative estimate of drug-likeness (QED) is 0.457. The average Bonchev–Trinajstić information content (AvgIpc) is 2.42. The third-order valence-electron chi connectivity index (χ3n) is 2.49. The van der Waals surface area contributed by atoms with Crippen molar-refractivity contribution in [2.45, 2.75) is 0 Å². The van der Waals surface area contributed by atoms with E-state index in [0.29, 0.717) is 6.54 Å². The predicted octanol–water partition coefficient (Wildman–Crippen LogP) is 1.11. The zero-order chi connectivity index (χ0) is 14.3. The molecule has 19 heavy (non-hydrogen) atoms. The number of aromatic hydroxyl groups is 1. The number of nitrogens with one attached hydrogen (secondary N) is 2. The highest BCUT2D eigenvalue weighted by molar-refractivity contribution is 5.93. The maximum atomic E-state index is 11.3. The van der Waals surface area contributed by atoms with Gasteiger partial charge in [-0.1, -0.05) is 18.7 Å². The van der Waals surface area contributed by atoms with Gasteiger partial charge in [-0.3, -0.25) is 4.79 Å². The number of hydrogen-bond donors (Lipinski definition) is 4. The Hall–Kier alpha value is -2.27. The Labute approximate surface area is 112 Å². The Bertz CT molecular complexity index is 495. The third-order valence-corrected chi connectivity index (χ3v) is 2.49. The van der Waals surface area contributed by atoms with E-state index in [-0.39, 0.29) is 23.8 Å². The standard InChI is InChI=1S/C14H18N2O3/c1-10(9-17)14(19)16-7-3-4-11-8-12(18)5-6-13(11)15-2/h3-6,8,15,17-18H,1,7,9H2,2H3,(H,16,19)/b4-3+. The molecule has 0 spiro atoms. The molecule has 1 aromatic rings. The molecule has 0 saturated heterocycles. The lowest BCUT2D eigenvalue weighted by Crippen LogP contribution is -2.25. The summed E-state index contributed by atoms with van der Waals surface area (Å²) in [7, 11) is 1.79. The summed E-state index contributed by atoms with van der Waals surface area (Å²) in [4.78, 5) is 11.3. The molecule has 0 unspecified atom stereocenters. The first-order valence-electron chi connectivity index (χ1n) is 5.82. The van der Waals surface area contributed by atoms with E-state index in [1.807, 2.05) is 0 Å². The number of phenolic OH excluding ortho intramolecular Hbond substituents is 1. The lowest BCUT2D eigenvalue weighted by atomic mass is 10.1. The first-order chi connectivity index (χ1) is 9.08. The van der Waals surface area contributed by atoms with Crippen molar-refractivity contribution >= 4 is 17.7 Å². The third kappa shape index (κ3) is 4.48. The van der Waals surface area contributed by atoms with Crippen LogP contribution in [0.25, 0.3) is 6.08 Å². The minimum atomic E-state index is -0.378. The van der Waals surface area contributed by atoms with E-state index in [4.69, 9.17) is 5.11 Å². The summed E-state index contributed by atoms with van der Waals surface area (Å²) in [5.74, 6) is -0.201. The van der Waals surface area contributed by atoms with Crippen LogP contribution < -0.4 is 10.6 Å². The van der Waals surface area contributed by atoms with Gasteiger partial charge in [0.2, 0.25) is 5.91 Å². The van der Waals surface area contributed by atoms with Gasteiger partial charge in [0.15, 0.2) is 0 Å². The van der Waals surface area contributed by atoms with Gasteiger partial charge in [-0.25, -0.2) is 0 Å². The number of phenols is 1. The minimum absolute atomic E-state index is 0.127. The van der Waals surface area contributed by atoms with Crippen LogP contribution in [0.1, 0.15) is 5.56 Å². The molecular weight excluding hydrogens is 244 g/mol. The number of amides is 1. The fourth-order valence-corrected chi connectivity index (χ4v) is 1.45. The molecule has 1 amide bonds. The van der Waals surface area contributed by atoms with Crippen LogP contribution in [0.3, 0.4) is 0 Å². The molecule has 102 valence electrons. The van der Waals surface area contributed by atoms with Crippen LogP contribution in [-0.4, -0.2) is 36.3 Å². The van der Waals surface area contributed by atoms with Crippen LogP contribution in [0.4, 0.5) is 5.69 Å². The number of aliphatic hydroxyl groups is 1. The number of rotatable bonds is 6. The summed E-state index contributed by atoms with van der Waals surface area (Å²) in [6.45, 7) is 3.38. The summed E-state index contributed by atoms with van der Waals surface area (Å²) in [6, 6.07) is 4.98. The second-order valence-corrected chi connectivity index (χ2v) is 3.90. The zero-order valence-corrected chi connectivity index (χ0v) is 10.8. The zero-order valence-electron chi connectivity index (χ0n) is 10.8. The van der Waals surface area contributed by atoms with Crippen molar-refractivity contribution in [3.8, 4) is 5.75 Å². The molecule has 1 aromatic carbocycles. The van der Waals surface area contributed by atoms with Gasteiger partial charge >= 0.3 is 0 Å². The fraction of sp³-hybridized carbons (Fsp3) is 0.214. The topological polar surface area (TPSA) is 81.6 Å². The van der Waals surface area contributed by atoms with Crippen molar-refractivity contribution < 1.29 is 15.0 Å². The van der Waals surface area contributed by atoms with E-state index in [1.54, 1.807) is 37.4 Å². The summed E-state index contributed by atoms with van der Waals surface area (Å²) >= 11 is 0. The molecule has 0 fully saturated rings. The number of hydrogen-bond acceptors (Lipinski definition) is 4. The Balaban J connectivity index is 2.60.